The summed E-state index contributed by atoms with van der Waals surface area (Å²) in [5.74, 6) is -0.869. The number of carbonyl (C=O) groups is 1. The molecular weight excluding hydrogens is 424 g/mol. The molecule has 0 fully saturated rings. The van der Waals surface area contributed by atoms with Gasteiger partial charge in [0.1, 0.15) is 4.21 Å². The molecule has 8 nitrogen and oxygen atoms in total. The summed E-state index contributed by atoms with van der Waals surface area (Å²) in [6.45, 7) is 0. The van der Waals surface area contributed by atoms with Crippen molar-refractivity contribution in [1.82, 2.24) is 4.57 Å². The van der Waals surface area contributed by atoms with Gasteiger partial charge in [-0.1, -0.05) is 36.4 Å². The maximum atomic E-state index is 12.7. The van der Waals surface area contributed by atoms with Crippen molar-refractivity contribution in [2.24, 2.45) is 17.3 Å². The minimum Gasteiger partial charge on any atom is -0.493 e. The lowest BCUT2D eigenvalue weighted by Crippen LogP contribution is -2.14. The van der Waals surface area contributed by atoms with E-state index >= 15 is 0 Å². The molecule has 0 saturated heterocycles. The molecule has 10 heteroatoms. The van der Waals surface area contributed by atoms with Crippen molar-refractivity contribution >= 4 is 49.5 Å². The van der Waals surface area contributed by atoms with Gasteiger partial charge in [0.05, 0.1) is 16.8 Å². The average Bonchev–Trinajstić information content (AvgIpc) is 3.36. The van der Waals surface area contributed by atoms with Gasteiger partial charge < -0.3 is 9.67 Å². The molecule has 2 aromatic heterocycles. The highest BCUT2D eigenvalue weighted by atomic mass is 32.2. The van der Waals surface area contributed by atoms with Crippen LogP contribution in [0.15, 0.2) is 80.5 Å². The minimum atomic E-state index is -3.82. The Morgan fingerprint density at radius 3 is 2.57 bits per heavy atom. The third kappa shape index (κ3) is 3.58. The number of carbonyl (C=O) groups excluding carboxylic acids is 1. The number of amides is 1. The Labute approximate surface area is 176 Å². The van der Waals surface area contributed by atoms with E-state index in [1.54, 1.807) is 42.8 Å². The van der Waals surface area contributed by atoms with Crippen LogP contribution in [0.5, 0.6) is 5.88 Å². The Bertz CT molecular complexity index is 1370. The van der Waals surface area contributed by atoms with Crippen molar-refractivity contribution in [3.63, 3.8) is 0 Å². The molecule has 2 aromatic carbocycles. The molecule has 0 atom stereocenters. The van der Waals surface area contributed by atoms with Gasteiger partial charge in [0, 0.05) is 12.4 Å². The van der Waals surface area contributed by atoms with E-state index in [-0.39, 0.29) is 27.0 Å². The van der Waals surface area contributed by atoms with E-state index in [4.69, 9.17) is 0 Å². The second-order valence-corrected chi connectivity index (χ2v) is 9.19. The number of sulfonamides is 1. The number of rotatable bonds is 5. The number of benzene rings is 2. The zero-order valence-electron chi connectivity index (χ0n) is 15.7. The van der Waals surface area contributed by atoms with Crippen LogP contribution < -0.4 is 4.72 Å². The van der Waals surface area contributed by atoms with Gasteiger partial charge in [-0.15, -0.1) is 21.6 Å². The number of fused-ring (bicyclic) bond motifs is 1. The van der Waals surface area contributed by atoms with Crippen LogP contribution >= 0.6 is 11.3 Å². The molecule has 4 rings (SSSR count). The maximum Gasteiger partial charge on any atom is 0.297 e. The second kappa shape index (κ2) is 7.73. The Hall–Kier alpha value is -3.50. The number of hydrogen-bond acceptors (Lipinski definition) is 6. The monoisotopic (exact) mass is 440 g/mol. The molecule has 2 heterocycles. The summed E-state index contributed by atoms with van der Waals surface area (Å²) >= 11 is 1.07. The van der Waals surface area contributed by atoms with Crippen LogP contribution in [0.2, 0.25) is 0 Å². The van der Waals surface area contributed by atoms with Crippen molar-refractivity contribution in [3.8, 4) is 5.88 Å². The number of aromatic hydroxyl groups is 1. The normalized spacial score (nSPS) is 11.9. The molecule has 2 N–H and O–H groups in total. The number of thiophene rings is 1. The van der Waals surface area contributed by atoms with Crippen molar-refractivity contribution in [2.75, 3.05) is 4.72 Å². The lowest BCUT2D eigenvalue weighted by Gasteiger charge is -2.09. The zero-order valence-corrected chi connectivity index (χ0v) is 17.3. The summed E-state index contributed by atoms with van der Waals surface area (Å²) in [5.41, 5.74) is 1.04. The van der Waals surface area contributed by atoms with E-state index in [1.807, 2.05) is 12.1 Å². The van der Waals surface area contributed by atoms with E-state index in [1.165, 1.54) is 22.8 Å². The molecule has 4 aromatic rings. The Kier molecular flexibility index (Phi) is 5.10. The first-order valence-corrected chi connectivity index (χ1v) is 11.1. The van der Waals surface area contributed by atoms with E-state index in [9.17, 15) is 18.3 Å². The first-order chi connectivity index (χ1) is 14.4. The molecule has 0 bridgehead atoms. The van der Waals surface area contributed by atoms with Gasteiger partial charge in [-0.25, -0.2) is 8.42 Å². The maximum absolute atomic E-state index is 12.7. The fourth-order valence-corrected chi connectivity index (χ4v) is 5.05. The molecule has 0 saturated carbocycles. The molecule has 0 aliphatic heterocycles. The summed E-state index contributed by atoms with van der Waals surface area (Å²) in [5, 5.41) is 20.3. The third-order valence-electron chi connectivity index (χ3n) is 4.45. The molecule has 0 unspecified atom stereocenters. The molecule has 30 heavy (non-hydrogen) atoms. The number of aromatic nitrogens is 1. The van der Waals surface area contributed by atoms with Gasteiger partial charge in [-0.05, 0) is 29.6 Å². The van der Waals surface area contributed by atoms with Gasteiger partial charge in [0.2, 0.25) is 5.88 Å². The fraction of sp³-hybridized carbons (Fsp3) is 0.0500. The first kappa shape index (κ1) is 19.8. The number of nitrogens with one attached hydrogen (secondary N) is 1. The summed E-state index contributed by atoms with van der Waals surface area (Å²) in [7, 11) is -2.15. The molecule has 152 valence electrons. The van der Waals surface area contributed by atoms with Gasteiger partial charge in [0.15, 0.2) is 5.69 Å². The summed E-state index contributed by atoms with van der Waals surface area (Å²) in [6, 6.07) is 16.4. The number of azo groups is 1. The van der Waals surface area contributed by atoms with Crippen LogP contribution in [0.4, 0.5) is 11.4 Å². The smallest absolute Gasteiger partial charge is 0.297 e. The van der Waals surface area contributed by atoms with Crippen LogP contribution in [-0.2, 0) is 17.1 Å². The fourth-order valence-electron chi connectivity index (χ4n) is 2.98. The highest BCUT2D eigenvalue weighted by molar-refractivity contribution is 7.94. The summed E-state index contributed by atoms with van der Waals surface area (Å²) in [6.07, 6.45) is 0. The molecule has 0 aliphatic rings. The quantitative estimate of drug-likeness (QED) is 0.439. The SMILES string of the molecule is Cn1c(O)c(N=NC(=O)c2ccccc2NS(=O)(=O)c2cccs2)c2ccccc21. The first-order valence-electron chi connectivity index (χ1n) is 8.76. The molecule has 0 aliphatic carbocycles. The zero-order chi connectivity index (χ0) is 21.3. The topological polar surface area (TPSA) is 113 Å². The number of nitrogens with zero attached hydrogens (tertiary/aromatic N) is 3. The van der Waals surface area contributed by atoms with E-state index in [0.717, 1.165) is 16.9 Å². The predicted octanol–water partition coefficient (Wildman–Crippen LogP) is 4.67. The Morgan fingerprint density at radius 1 is 1.07 bits per heavy atom. The Morgan fingerprint density at radius 2 is 1.80 bits per heavy atom. The van der Waals surface area contributed by atoms with E-state index in [2.05, 4.69) is 15.0 Å². The lowest BCUT2D eigenvalue weighted by molar-refractivity contribution is 0.0996. The molecular formula is C20H16N4O4S2. The average molecular weight is 441 g/mol. The van der Waals surface area contributed by atoms with E-state index < -0.39 is 15.9 Å². The number of para-hydroxylation sites is 2. The highest BCUT2D eigenvalue weighted by Crippen LogP contribution is 2.38. The highest BCUT2D eigenvalue weighted by Gasteiger charge is 2.20. The summed E-state index contributed by atoms with van der Waals surface area (Å²) in [4.78, 5) is 12.7. The number of aryl methyl sites for hydroxylation is 1. The van der Waals surface area contributed by atoms with E-state index in [0.29, 0.717) is 5.39 Å². The second-order valence-electron chi connectivity index (χ2n) is 6.34. The van der Waals surface area contributed by atoms with Crippen LogP contribution in [0.3, 0.4) is 0 Å². The molecule has 1 amide bonds. The number of hydrogen-bond donors (Lipinski definition) is 2. The number of anilines is 1. The standard InChI is InChI=1S/C20H16N4O4S2/c1-24-16-10-5-3-8-14(16)18(20(24)26)21-22-19(25)13-7-2-4-9-15(13)23-30(27,28)17-11-6-12-29-17/h2-12,23,26H,1H3. The Balaban J connectivity index is 1.67. The van der Waals surface area contributed by atoms with Crippen LogP contribution in [0, 0.1) is 0 Å². The van der Waals surface area contributed by atoms with Crippen molar-refractivity contribution < 1.29 is 18.3 Å². The minimum absolute atomic E-state index is 0.0427. The predicted molar refractivity (Wildman–Crippen MR) is 115 cm³/mol. The largest absolute Gasteiger partial charge is 0.493 e. The van der Waals surface area contributed by atoms with Crippen molar-refractivity contribution in [3.05, 3.63) is 71.6 Å². The van der Waals surface area contributed by atoms with Gasteiger partial charge in [-0.2, -0.15) is 0 Å². The molecule has 0 spiro atoms. The molecule has 0 radical (unpaired) electrons. The van der Waals surface area contributed by atoms with Crippen molar-refractivity contribution in [1.29, 1.82) is 0 Å². The van der Waals surface area contributed by atoms with Gasteiger partial charge in [0.25, 0.3) is 15.9 Å². The third-order valence-corrected chi connectivity index (χ3v) is 7.22. The van der Waals surface area contributed by atoms with Crippen LogP contribution in [-0.4, -0.2) is 24.0 Å². The van der Waals surface area contributed by atoms with Gasteiger partial charge >= 0.3 is 0 Å². The summed E-state index contributed by atoms with van der Waals surface area (Å²) < 4.78 is 29.1. The van der Waals surface area contributed by atoms with Crippen LogP contribution in [0.1, 0.15) is 10.4 Å². The van der Waals surface area contributed by atoms with Crippen molar-refractivity contribution in [2.45, 2.75) is 4.21 Å². The van der Waals surface area contributed by atoms with Crippen LogP contribution in [0.25, 0.3) is 10.9 Å². The van der Waals surface area contributed by atoms with Gasteiger partial charge in [-0.3, -0.25) is 9.52 Å². The lowest BCUT2D eigenvalue weighted by atomic mass is 10.2.